The molecule has 1 saturated carbocycles. The molecule has 0 aromatic heterocycles. The summed E-state index contributed by atoms with van der Waals surface area (Å²) in [7, 11) is 0. The lowest BCUT2D eigenvalue weighted by atomic mass is 10.1. The molecule has 0 unspecified atom stereocenters. The van der Waals surface area contributed by atoms with E-state index in [9.17, 15) is 0 Å². The fourth-order valence-electron chi connectivity index (χ4n) is 1.93. The van der Waals surface area contributed by atoms with Crippen LogP contribution in [0.5, 0.6) is 0 Å². The lowest BCUT2D eigenvalue weighted by molar-refractivity contribution is 0.0898. The second kappa shape index (κ2) is 3.75. The van der Waals surface area contributed by atoms with Crippen LogP contribution in [0.4, 0.5) is 0 Å². The van der Waals surface area contributed by atoms with E-state index in [0.29, 0.717) is 0 Å². The molecule has 1 radical (unpaired) electrons. The Balaban J connectivity index is 1.69. The van der Waals surface area contributed by atoms with Crippen LogP contribution < -0.4 is 0 Å². The SMILES string of the molecule is CCO[C]1CCN(C2CC2)CC1. The Morgan fingerprint density at radius 3 is 2.50 bits per heavy atom. The minimum atomic E-state index is 0.846. The van der Waals surface area contributed by atoms with E-state index in [-0.39, 0.29) is 0 Å². The van der Waals surface area contributed by atoms with Gasteiger partial charge in [0.2, 0.25) is 0 Å². The van der Waals surface area contributed by atoms with Crippen molar-refractivity contribution in [1.82, 2.24) is 4.90 Å². The average molecular weight is 168 g/mol. The van der Waals surface area contributed by atoms with Crippen molar-refractivity contribution >= 4 is 0 Å². The maximum absolute atomic E-state index is 5.52. The van der Waals surface area contributed by atoms with Crippen LogP contribution in [0.15, 0.2) is 0 Å². The maximum atomic E-state index is 5.52. The number of piperidine rings is 1. The van der Waals surface area contributed by atoms with Crippen molar-refractivity contribution in [1.29, 1.82) is 0 Å². The van der Waals surface area contributed by atoms with Crippen molar-refractivity contribution in [2.75, 3.05) is 19.7 Å². The van der Waals surface area contributed by atoms with Crippen LogP contribution in [0.1, 0.15) is 32.6 Å². The highest BCUT2D eigenvalue weighted by Crippen LogP contribution is 2.31. The van der Waals surface area contributed by atoms with E-state index in [0.717, 1.165) is 12.6 Å². The Morgan fingerprint density at radius 2 is 2.00 bits per heavy atom. The zero-order valence-electron chi connectivity index (χ0n) is 7.88. The van der Waals surface area contributed by atoms with E-state index >= 15 is 0 Å². The first-order valence-electron chi connectivity index (χ1n) is 5.11. The molecule has 0 atom stereocenters. The molecule has 0 bridgehead atoms. The minimum Gasteiger partial charge on any atom is -0.372 e. The number of ether oxygens (including phenoxy) is 1. The van der Waals surface area contributed by atoms with E-state index in [2.05, 4.69) is 11.8 Å². The van der Waals surface area contributed by atoms with Crippen LogP contribution >= 0.6 is 0 Å². The van der Waals surface area contributed by atoms with Crippen molar-refractivity contribution < 1.29 is 4.74 Å². The number of rotatable bonds is 3. The van der Waals surface area contributed by atoms with E-state index in [4.69, 9.17) is 4.74 Å². The Hall–Kier alpha value is -0.0800. The van der Waals surface area contributed by atoms with E-state index in [1.54, 1.807) is 0 Å². The molecule has 2 heteroatoms. The molecule has 12 heavy (non-hydrogen) atoms. The Bertz CT molecular complexity index is 137. The molecule has 2 rings (SSSR count). The molecule has 0 amide bonds. The predicted octanol–water partition coefficient (Wildman–Crippen LogP) is 1.81. The van der Waals surface area contributed by atoms with Crippen molar-refractivity contribution in [2.24, 2.45) is 0 Å². The Kier molecular flexibility index (Phi) is 2.66. The minimum absolute atomic E-state index is 0.846. The molecule has 2 nitrogen and oxygen atoms in total. The second-order valence-electron chi connectivity index (χ2n) is 3.74. The molecule has 1 heterocycles. The van der Waals surface area contributed by atoms with Crippen molar-refractivity contribution in [2.45, 2.75) is 38.6 Å². The molecule has 0 aromatic carbocycles. The summed E-state index contributed by atoms with van der Waals surface area (Å²) in [4.78, 5) is 2.61. The quantitative estimate of drug-likeness (QED) is 0.637. The summed E-state index contributed by atoms with van der Waals surface area (Å²) in [5, 5.41) is 0. The molecule has 2 fully saturated rings. The Morgan fingerprint density at radius 1 is 1.33 bits per heavy atom. The number of hydrogen-bond acceptors (Lipinski definition) is 2. The molecule has 0 spiro atoms. The van der Waals surface area contributed by atoms with Gasteiger partial charge in [0.25, 0.3) is 0 Å². The van der Waals surface area contributed by atoms with Crippen LogP contribution in [-0.4, -0.2) is 30.6 Å². The third-order valence-electron chi connectivity index (χ3n) is 2.77. The molecule has 1 saturated heterocycles. The monoisotopic (exact) mass is 168 g/mol. The molecule has 69 valence electrons. The largest absolute Gasteiger partial charge is 0.372 e. The van der Waals surface area contributed by atoms with Crippen LogP contribution in [0.25, 0.3) is 0 Å². The highest BCUT2D eigenvalue weighted by atomic mass is 16.5. The van der Waals surface area contributed by atoms with Crippen LogP contribution in [0.3, 0.4) is 0 Å². The zero-order chi connectivity index (χ0) is 8.39. The lowest BCUT2D eigenvalue weighted by Gasteiger charge is -2.30. The molecule has 0 aromatic rings. The summed E-state index contributed by atoms with van der Waals surface area (Å²) >= 11 is 0. The highest BCUT2D eigenvalue weighted by Gasteiger charge is 2.32. The van der Waals surface area contributed by atoms with Crippen molar-refractivity contribution in [3.63, 3.8) is 0 Å². The van der Waals surface area contributed by atoms with Gasteiger partial charge in [-0.15, -0.1) is 0 Å². The summed E-state index contributed by atoms with van der Waals surface area (Å²) in [6, 6.07) is 0.938. The molecule has 0 N–H and O–H groups in total. The van der Waals surface area contributed by atoms with E-state index in [1.165, 1.54) is 44.9 Å². The zero-order valence-corrected chi connectivity index (χ0v) is 7.88. The average Bonchev–Trinajstić information content (AvgIpc) is 2.89. The van der Waals surface area contributed by atoms with Gasteiger partial charge in [0.1, 0.15) is 0 Å². The van der Waals surface area contributed by atoms with E-state index in [1.807, 2.05) is 0 Å². The standard InChI is InChI=1S/C10H18NO/c1-2-12-10-5-7-11(8-6-10)9-3-4-9/h9H,2-8H2,1H3. The highest BCUT2D eigenvalue weighted by molar-refractivity contribution is 4.93. The van der Waals surface area contributed by atoms with Crippen LogP contribution in [0.2, 0.25) is 0 Å². The molecule has 1 aliphatic heterocycles. The Labute approximate surface area is 74.9 Å². The van der Waals surface area contributed by atoms with Crippen molar-refractivity contribution in [3.8, 4) is 0 Å². The fourth-order valence-corrected chi connectivity index (χ4v) is 1.93. The van der Waals surface area contributed by atoms with Gasteiger partial charge < -0.3 is 9.64 Å². The summed E-state index contributed by atoms with van der Waals surface area (Å²) in [6.07, 6.45) is 6.54. The van der Waals surface area contributed by atoms with Gasteiger partial charge >= 0.3 is 0 Å². The third kappa shape index (κ3) is 1.99. The predicted molar refractivity (Wildman–Crippen MR) is 48.7 cm³/mol. The van der Waals surface area contributed by atoms with Gasteiger partial charge in [-0.25, -0.2) is 0 Å². The van der Waals surface area contributed by atoms with Gasteiger partial charge in [0, 0.05) is 25.7 Å². The van der Waals surface area contributed by atoms with E-state index < -0.39 is 0 Å². The number of nitrogens with zero attached hydrogens (tertiary/aromatic N) is 1. The summed E-state index contributed by atoms with van der Waals surface area (Å²) < 4.78 is 5.52. The molecular weight excluding hydrogens is 150 g/mol. The van der Waals surface area contributed by atoms with Crippen LogP contribution in [-0.2, 0) is 4.74 Å². The van der Waals surface area contributed by atoms with Crippen LogP contribution in [0, 0.1) is 6.10 Å². The smallest absolute Gasteiger partial charge is 0.0995 e. The number of likely N-dealkylation sites (tertiary alicyclic amines) is 1. The first-order valence-corrected chi connectivity index (χ1v) is 5.11. The van der Waals surface area contributed by atoms with Gasteiger partial charge in [-0.05, 0) is 32.6 Å². The third-order valence-corrected chi connectivity index (χ3v) is 2.77. The maximum Gasteiger partial charge on any atom is 0.0995 e. The van der Waals surface area contributed by atoms with Gasteiger partial charge in [0.05, 0.1) is 6.10 Å². The second-order valence-corrected chi connectivity index (χ2v) is 3.74. The first kappa shape index (κ1) is 8.52. The topological polar surface area (TPSA) is 12.5 Å². The summed E-state index contributed by atoms with van der Waals surface area (Å²) in [5.74, 6) is 0. The van der Waals surface area contributed by atoms with Crippen molar-refractivity contribution in [3.05, 3.63) is 6.10 Å². The summed E-state index contributed by atoms with van der Waals surface area (Å²) in [6.45, 7) is 5.39. The summed E-state index contributed by atoms with van der Waals surface area (Å²) in [5.41, 5.74) is 0. The molecule has 1 aliphatic carbocycles. The normalized spacial score (nSPS) is 27.8. The first-order chi connectivity index (χ1) is 5.90. The lowest BCUT2D eigenvalue weighted by Crippen LogP contribution is -2.35. The fraction of sp³-hybridized carbons (Fsp3) is 0.900. The molecule has 2 aliphatic rings. The van der Waals surface area contributed by atoms with Gasteiger partial charge in [0.15, 0.2) is 0 Å². The molecular formula is C10H18NO. The van der Waals surface area contributed by atoms with Gasteiger partial charge in [-0.1, -0.05) is 0 Å². The van der Waals surface area contributed by atoms with Gasteiger partial charge in [-0.2, -0.15) is 0 Å². The number of hydrogen-bond donors (Lipinski definition) is 0. The van der Waals surface area contributed by atoms with Gasteiger partial charge in [-0.3, -0.25) is 0 Å².